The predicted octanol–water partition coefficient (Wildman–Crippen LogP) is 2.91. The monoisotopic (exact) mass is 294 g/mol. The molecule has 1 aromatic rings. The van der Waals surface area contributed by atoms with E-state index in [4.69, 9.17) is 0 Å². The van der Waals surface area contributed by atoms with Gasteiger partial charge in [0.15, 0.2) is 0 Å². The van der Waals surface area contributed by atoms with Gasteiger partial charge in [-0.15, -0.1) is 0 Å². The van der Waals surface area contributed by atoms with E-state index in [1.807, 2.05) is 33.8 Å². The lowest BCUT2D eigenvalue weighted by atomic mass is 9.99. The number of carboxylic acids is 1. The number of amides is 1. The van der Waals surface area contributed by atoms with Crippen LogP contribution in [0.15, 0.2) is 6.07 Å². The first-order valence-electron chi connectivity index (χ1n) is 7.42. The summed E-state index contributed by atoms with van der Waals surface area (Å²) in [6.07, 6.45) is 0.697. The van der Waals surface area contributed by atoms with Gasteiger partial charge < -0.3 is 15.0 Å². The van der Waals surface area contributed by atoms with Crippen molar-refractivity contribution < 1.29 is 14.7 Å². The van der Waals surface area contributed by atoms with E-state index in [2.05, 4.69) is 23.7 Å². The van der Waals surface area contributed by atoms with E-state index in [0.717, 1.165) is 11.4 Å². The lowest BCUT2D eigenvalue weighted by Crippen LogP contribution is -2.45. The third-order valence-electron chi connectivity index (χ3n) is 4.01. The number of carboxylic acid groups (broad SMARTS) is 1. The molecule has 0 spiro atoms. The highest BCUT2D eigenvalue weighted by molar-refractivity contribution is 5.98. The first kappa shape index (κ1) is 17.3. The van der Waals surface area contributed by atoms with Gasteiger partial charge in [-0.2, -0.15) is 0 Å². The van der Waals surface area contributed by atoms with Crippen LogP contribution in [-0.2, 0) is 4.79 Å². The van der Waals surface area contributed by atoms with E-state index in [-0.39, 0.29) is 17.9 Å². The molecule has 118 valence electrons. The number of nitrogens with zero attached hydrogens (tertiary/aromatic N) is 1. The van der Waals surface area contributed by atoms with E-state index in [1.54, 1.807) is 0 Å². The molecular formula is C16H26N2O3. The molecule has 0 saturated carbocycles. The minimum atomic E-state index is -0.990. The minimum absolute atomic E-state index is 0.111. The second-order valence-electron chi connectivity index (χ2n) is 5.92. The summed E-state index contributed by atoms with van der Waals surface area (Å²) in [5.74, 6) is -1.42. The predicted molar refractivity (Wildman–Crippen MR) is 82.6 cm³/mol. The van der Waals surface area contributed by atoms with Crippen molar-refractivity contribution in [3.63, 3.8) is 0 Å². The van der Waals surface area contributed by atoms with Gasteiger partial charge in [0.05, 0.1) is 5.56 Å². The fraction of sp³-hybridized carbons (Fsp3) is 0.625. The molecule has 0 saturated heterocycles. The molecule has 0 aliphatic rings. The molecule has 0 aliphatic carbocycles. The fourth-order valence-electron chi connectivity index (χ4n) is 2.70. The van der Waals surface area contributed by atoms with Crippen molar-refractivity contribution in [2.45, 2.75) is 60.0 Å². The number of aliphatic carboxylic acids is 1. The largest absolute Gasteiger partial charge is 0.480 e. The molecule has 1 amide bonds. The summed E-state index contributed by atoms with van der Waals surface area (Å²) in [5.41, 5.74) is 2.42. The SMILES string of the molecule is CCC(C)C(NC(=O)c1cc(C)n(C(C)C)c1C)C(=O)O. The van der Waals surface area contributed by atoms with Crippen LogP contribution in [-0.4, -0.2) is 27.6 Å². The van der Waals surface area contributed by atoms with Gasteiger partial charge in [-0.3, -0.25) is 4.79 Å². The lowest BCUT2D eigenvalue weighted by molar-refractivity contribution is -0.140. The minimum Gasteiger partial charge on any atom is -0.480 e. The van der Waals surface area contributed by atoms with Crippen molar-refractivity contribution in [2.75, 3.05) is 0 Å². The van der Waals surface area contributed by atoms with Crippen LogP contribution in [0, 0.1) is 19.8 Å². The van der Waals surface area contributed by atoms with Gasteiger partial charge >= 0.3 is 5.97 Å². The normalized spacial score (nSPS) is 14.0. The highest BCUT2D eigenvalue weighted by Gasteiger charge is 2.27. The molecule has 21 heavy (non-hydrogen) atoms. The fourth-order valence-corrected chi connectivity index (χ4v) is 2.70. The zero-order valence-corrected chi connectivity index (χ0v) is 13.7. The molecular weight excluding hydrogens is 268 g/mol. The summed E-state index contributed by atoms with van der Waals surface area (Å²) in [4.78, 5) is 23.7. The molecule has 0 bridgehead atoms. The van der Waals surface area contributed by atoms with Crippen molar-refractivity contribution >= 4 is 11.9 Å². The zero-order valence-electron chi connectivity index (χ0n) is 13.7. The standard InChI is InChI=1S/C16H26N2O3/c1-7-10(4)14(16(20)21)17-15(19)13-8-11(5)18(9(2)3)12(13)6/h8-10,14H,7H2,1-6H3,(H,17,19)(H,20,21). The Hall–Kier alpha value is -1.78. The van der Waals surface area contributed by atoms with Crippen LogP contribution >= 0.6 is 0 Å². The van der Waals surface area contributed by atoms with Crippen LogP contribution < -0.4 is 5.32 Å². The van der Waals surface area contributed by atoms with Crippen molar-refractivity contribution in [3.05, 3.63) is 23.0 Å². The maximum absolute atomic E-state index is 12.4. The lowest BCUT2D eigenvalue weighted by Gasteiger charge is -2.20. The number of aryl methyl sites for hydroxylation is 1. The average Bonchev–Trinajstić information content (AvgIpc) is 2.69. The van der Waals surface area contributed by atoms with E-state index in [1.165, 1.54) is 0 Å². The summed E-state index contributed by atoms with van der Waals surface area (Å²) in [6, 6.07) is 1.22. The van der Waals surface area contributed by atoms with Gasteiger partial charge in [0, 0.05) is 17.4 Å². The Bertz CT molecular complexity index is 532. The summed E-state index contributed by atoms with van der Waals surface area (Å²) in [6.45, 7) is 11.7. The molecule has 0 fully saturated rings. The molecule has 5 heteroatoms. The number of carbonyl (C=O) groups excluding carboxylic acids is 1. The smallest absolute Gasteiger partial charge is 0.326 e. The molecule has 0 radical (unpaired) electrons. The number of nitrogens with one attached hydrogen (secondary N) is 1. The summed E-state index contributed by atoms with van der Waals surface area (Å²) >= 11 is 0. The summed E-state index contributed by atoms with van der Waals surface area (Å²) in [5, 5.41) is 11.9. The molecule has 1 rings (SSSR count). The molecule has 0 aliphatic heterocycles. The van der Waals surface area contributed by atoms with Crippen LogP contribution in [0.4, 0.5) is 0 Å². The van der Waals surface area contributed by atoms with Gasteiger partial charge in [0.25, 0.3) is 5.91 Å². The van der Waals surface area contributed by atoms with E-state index >= 15 is 0 Å². The van der Waals surface area contributed by atoms with Gasteiger partial charge in [-0.1, -0.05) is 20.3 Å². The summed E-state index contributed by atoms with van der Waals surface area (Å²) < 4.78 is 2.08. The highest BCUT2D eigenvalue weighted by Crippen LogP contribution is 2.20. The van der Waals surface area contributed by atoms with Crippen LogP contribution in [0.2, 0.25) is 0 Å². The third kappa shape index (κ3) is 3.65. The molecule has 2 unspecified atom stereocenters. The number of hydrogen-bond acceptors (Lipinski definition) is 2. The number of hydrogen-bond donors (Lipinski definition) is 2. The average molecular weight is 294 g/mol. The third-order valence-corrected chi connectivity index (χ3v) is 4.01. The number of aromatic nitrogens is 1. The van der Waals surface area contributed by atoms with Gasteiger partial charge in [0.1, 0.15) is 6.04 Å². The highest BCUT2D eigenvalue weighted by atomic mass is 16.4. The molecule has 2 atom stereocenters. The van der Waals surface area contributed by atoms with E-state index < -0.39 is 12.0 Å². The van der Waals surface area contributed by atoms with Gasteiger partial charge in [-0.25, -0.2) is 4.79 Å². The molecule has 2 N–H and O–H groups in total. The second kappa shape index (κ2) is 6.78. The Morgan fingerprint density at radius 2 is 1.86 bits per heavy atom. The Kier molecular flexibility index (Phi) is 5.58. The molecule has 0 aromatic carbocycles. The number of carbonyl (C=O) groups is 2. The zero-order chi connectivity index (χ0) is 16.3. The Morgan fingerprint density at radius 1 is 1.29 bits per heavy atom. The van der Waals surface area contributed by atoms with E-state index in [0.29, 0.717) is 12.0 Å². The van der Waals surface area contributed by atoms with Crippen molar-refractivity contribution in [1.82, 2.24) is 9.88 Å². The quantitative estimate of drug-likeness (QED) is 0.847. The molecule has 1 aromatic heterocycles. The van der Waals surface area contributed by atoms with Crippen molar-refractivity contribution in [1.29, 1.82) is 0 Å². The van der Waals surface area contributed by atoms with Crippen LogP contribution in [0.5, 0.6) is 0 Å². The van der Waals surface area contributed by atoms with Crippen molar-refractivity contribution in [2.24, 2.45) is 5.92 Å². The maximum Gasteiger partial charge on any atom is 0.326 e. The summed E-state index contributed by atoms with van der Waals surface area (Å²) in [7, 11) is 0. The first-order chi connectivity index (χ1) is 9.70. The van der Waals surface area contributed by atoms with Gasteiger partial charge in [0.2, 0.25) is 0 Å². The molecule has 1 heterocycles. The topological polar surface area (TPSA) is 71.3 Å². The Morgan fingerprint density at radius 3 is 2.24 bits per heavy atom. The number of rotatable bonds is 6. The van der Waals surface area contributed by atoms with Crippen molar-refractivity contribution in [3.8, 4) is 0 Å². The van der Waals surface area contributed by atoms with Crippen LogP contribution in [0.25, 0.3) is 0 Å². The maximum atomic E-state index is 12.4. The Balaban J connectivity index is 3.04. The van der Waals surface area contributed by atoms with Crippen LogP contribution in [0.1, 0.15) is 61.9 Å². The Labute approximate surface area is 126 Å². The van der Waals surface area contributed by atoms with E-state index in [9.17, 15) is 14.7 Å². The second-order valence-corrected chi connectivity index (χ2v) is 5.92. The molecule has 5 nitrogen and oxygen atoms in total. The van der Waals surface area contributed by atoms with Gasteiger partial charge in [-0.05, 0) is 39.7 Å². The first-order valence-corrected chi connectivity index (χ1v) is 7.42. The van der Waals surface area contributed by atoms with Crippen LogP contribution in [0.3, 0.4) is 0 Å².